The molecule has 0 aliphatic carbocycles. The highest BCUT2D eigenvalue weighted by Crippen LogP contribution is 2.19. The van der Waals surface area contributed by atoms with E-state index in [-0.39, 0.29) is 12.5 Å². The van der Waals surface area contributed by atoms with Gasteiger partial charge in [0.1, 0.15) is 23.1 Å². The summed E-state index contributed by atoms with van der Waals surface area (Å²) in [6.45, 7) is 0.283. The van der Waals surface area contributed by atoms with E-state index in [1.165, 1.54) is 0 Å². The molecular weight excluding hydrogens is 356 g/mol. The summed E-state index contributed by atoms with van der Waals surface area (Å²) < 4.78 is 16.0. The quantitative estimate of drug-likeness (QED) is 0.598. The van der Waals surface area contributed by atoms with E-state index in [9.17, 15) is 4.79 Å². The fraction of sp³-hybridized carbons (Fsp3) is 0.182. The van der Waals surface area contributed by atoms with Crippen molar-refractivity contribution < 1.29 is 19.0 Å². The highest BCUT2D eigenvalue weighted by molar-refractivity contribution is 5.93. The number of amides is 1. The number of anilines is 1. The Bertz CT molecular complexity index is 881. The summed E-state index contributed by atoms with van der Waals surface area (Å²) in [4.78, 5) is 18.8. The van der Waals surface area contributed by atoms with Crippen LogP contribution in [0.4, 0.5) is 5.82 Å². The molecule has 144 valence electrons. The molecule has 28 heavy (non-hydrogen) atoms. The van der Waals surface area contributed by atoms with E-state index in [1.54, 1.807) is 55.6 Å². The summed E-state index contributed by atoms with van der Waals surface area (Å²) in [6.07, 6.45) is 1.66. The van der Waals surface area contributed by atoms with Crippen LogP contribution in [0.25, 0.3) is 0 Å². The first-order valence-electron chi connectivity index (χ1n) is 8.81. The zero-order valence-electron chi connectivity index (χ0n) is 15.9. The summed E-state index contributed by atoms with van der Waals surface area (Å²) in [5, 5.41) is 0. The van der Waals surface area contributed by atoms with Crippen LogP contribution in [0.1, 0.15) is 5.56 Å². The molecule has 0 saturated carbocycles. The molecular formula is C22H22N2O4. The largest absolute Gasteiger partial charge is 0.497 e. The first-order chi connectivity index (χ1) is 13.7. The molecule has 1 aromatic heterocycles. The van der Waals surface area contributed by atoms with Gasteiger partial charge in [-0.15, -0.1) is 0 Å². The van der Waals surface area contributed by atoms with Crippen LogP contribution < -0.4 is 19.1 Å². The van der Waals surface area contributed by atoms with Gasteiger partial charge in [0, 0.05) is 6.20 Å². The second-order valence-corrected chi connectivity index (χ2v) is 5.98. The van der Waals surface area contributed by atoms with Crippen molar-refractivity contribution in [1.29, 1.82) is 0 Å². The number of hydrogen-bond acceptors (Lipinski definition) is 5. The van der Waals surface area contributed by atoms with E-state index < -0.39 is 0 Å². The van der Waals surface area contributed by atoms with Crippen molar-refractivity contribution in [3.63, 3.8) is 0 Å². The maximum Gasteiger partial charge on any atom is 0.266 e. The lowest BCUT2D eigenvalue weighted by atomic mass is 10.2. The lowest BCUT2D eigenvalue weighted by molar-refractivity contribution is -0.120. The van der Waals surface area contributed by atoms with Gasteiger partial charge in [0.05, 0.1) is 20.8 Å². The zero-order valence-corrected chi connectivity index (χ0v) is 15.9. The molecule has 0 unspecified atom stereocenters. The Balaban J connectivity index is 1.72. The van der Waals surface area contributed by atoms with E-state index in [0.29, 0.717) is 18.1 Å². The second kappa shape index (κ2) is 9.41. The van der Waals surface area contributed by atoms with Crippen LogP contribution in [0, 0.1) is 0 Å². The third-order valence-electron chi connectivity index (χ3n) is 4.15. The van der Waals surface area contributed by atoms with Gasteiger partial charge in [-0.25, -0.2) is 4.98 Å². The molecule has 2 aromatic carbocycles. The van der Waals surface area contributed by atoms with Gasteiger partial charge >= 0.3 is 0 Å². The molecule has 0 atom stereocenters. The van der Waals surface area contributed by atoms with Crippen LogP contribution in [0.2, 0.25) is 0 Å². The van der Waals surface area contributed by atoms with Gasteiger partial charge in [0.2, 0.25) is 0 Å². The first kappa shape index (κ1) is 19.2. The second-order valence-electron chi connectivity index (χ2n) is 5.98. The van der Waals surface area contributed by atoms with E-state index in [1.807, 2.05) is 36.4 Å². The maximum atomic E-state index is 12.9. The van der Waals surface area contributed by atoms with Crippen molar-refractivity contribution in [3.05, 3.63) is 78.5 Å². The van der Waals surface area contributed by atoms with E-state index in [2.05, 4.69) is 4.98 Å². The number of pyridine rings is 1. The summed E-state index contributed by atoms with van der Waals surface area (Å²) in [7, 11) is 3.22. The number of benzene rings is 2. The van der Waals surface area contributed by atoms with Crippen LogP contribution in [-0.2, 0) is 11.3 Å². The minimum atomic E-state index is -0.190. The Kier molecular flexibility index (Phi) is 6.46. The average Bonchev–Trinajstić information content (AvgIpc) is 2.77. The Morgan fingerprint density at radius 2 is 1.46 bits per heavy atom. The number of nitrogens with zero attached hydrogens (tertiary/aromatic N) is 2. The molecule has 0 aliphatic heterocycles. The zero-order chi connectivity index (χ0) is 19.8. The van der Waals surface area contributed by atoms with E-state index >= 15 is 0 Å². The number of aromatic nitrogens is 1. The number of ether oxygens (including phenoxy) is 3. The molecule has 0 N–H and O–H groups in total. The Morgan fingerprint density at radius 1 is 0.857 bits per heavy atom. The molecule has 6 nitrogen and oxygen atoms in total. The smallest absolute Gasteiger partial charge is 0.266 e. The normalized spacial score (nSPS) is 10.2. The van der Waals surface area contributed by atoms with E-state index in [4.69, 9.17) is 14.2 Å². The van der Waals surface area contributed by atoms with Gasteiger partial charge < -0.3 is 14.2 Å². The third-order valence-corrected chi connectivity index (χ3v) is 4.15. The van der Waals surface area contributed by atoms with Crippen LogP contribution in [0.3, 0.4) is 0 Å². The van der Waals surface area contributed by atoms with Crippen molar-refractivity contribution in [2.45, 2.75) is 6.54 Å². The highest BCUT2D eigenvalue weighted by Gasteiger charge is 2.18. The van der Waals surface area contributed by atoms with Gasteiger partial charge in [0.15, 0.2) is 6.61 Å². The molecule has 0 fully saturated rings. The fourth-order valence-corrected chi connectivity index (χ4v) is 2.62. The molecule has 1 heterocycles. The van der Waals surface area contributed by atoms with E-state index in [0.717, 1.165) is 17.1 Å². The van der Waals surface area contributed by atoms with Crippen LogP contribution in [0.5, 0.6) is 17.2 Å². The third kappa shape index (κ3) is 5.01. The molecule has 3 aromatic rings. The Labute approximate surface area is 164 Å². The van der Waals surface area contributed by atoms with Crippen LogP contribution in [-0.4, -0.2) is 31.7 Å². The molecule has 0 spiro atoms. The van der Waals surface area contributed by atoms with Crippen molar-refractivity contribution >= 4 is 11.7 Å². The number of carbonyl (C=O) groups is 1. The van der Waals surface area contributed by atoms with Crippen LogP contribution in [0.15, 0.2) is 72.9 Å². The number of carbonyl (C=O) groups excluding carboxylic acids is 1. The number of methoxy groups -OCH3 is 2. The van der Waals surface area contributed by atoms with Crippen molar-refractivity contribution in [1.82, 2.24) is 4.98 Å². The van der Waals surface area contributed by atoms with Crippen molar-refractivity contribution in [2.24, 2.45) is 0 Å². The molecule has 0 saturated heterocycles. The standard InChI is InChI=1S/C22H22N2O4/c1-26-18-8-6-17(7-9-18)15-24(21-5-3-4-14-23-21)22(25)16-28-20-12-10-19(27-2)11-13-20/h3-14H,15-16H2,1-2H3. The van der Waals surface area contributed by atoms with Gasteiger partial charge in [-0.2, -0.15) is 0 Å². The fourth-order valence-electron chi connectivity index (χ4n) is 2.62. The van der Waals surface area contributed by atoms with Crippen molar-refractivity contribution in [2.75, 3.05) is 25.7 Å². The molecule has 0 radical (unpaired) electrons. The van der Waals surface area contributed by atoms with Gasteiger partial charge in [-0.1, -0.05) is 18.2 Å². The van der Waals surface area contributed by atoms with Crippen LogP contribution >= 0.6 is 0 Å². The highest BCUT2D eigenvalue weighted by atomic mass is 16.5. The molecule has 0 aliphatic rings. The Hall–Kier alpha value is -3.54. The number of hydrogen-bond donors (Lipinski definition) is 0. The average molecular weight is 378 g/mol. The van der Waals surface area contributed by atoms with Gasteiger partial charge in [-0.05, 0) is 54.1 Å². The summed E-state index contributed by atoms with van der Waals surface area (Å²) in [5.41, 5.74) is 0.962. The summed E-state index contributed by atoms with van der Waals surface area (Å²) in [6, 6.07) is 20.1. The van der Waals surface area contributed by atoms with Crippen molar-refractivity contribution in [3.8, 4) is 17.2 Å². The first-order valence-corrected chi connectivity index (χ1v) is 8.81. The van der Waals surface area contributed by atoms with Gasteiger partial charge in [-0.3, -0.25) is 9.69 Å². The molecule has 3 rings (SSSR count). The molecule has 6 heteroatoms. The maximum absolute atomic E-state index is 12.9. The minimum absolute atomic E-state index is 0.0982. The lowest BCUT2D eigenvalue weighted by Crippen LogP contribution is -2.35. The number of rotatable bonds is 8. The predicted molar refractivity (Wildman–Crippen MR) is 107 cm³/mol. The minimum Gasteiger partial charge on any atom is -0.497 e. The predicted octanol–water partition coefficient (Wildman–Crippen LogP) is 3.71. The molecule has 1 amide bonds. The Morgan fingerprint density at radius 3 is 2.04 bits per heavy atom. The SMILES string of the molecule is COc1ccc(CN(C(=O)COc2ccc(OC)cc2)c2ccccn2)cc1. The van der Waals surface area contributed by atoms with Gasteiger partial charge in [0.25, 0.3) is 5.91 Å². The lowest BCUT2D eigenvalue weighted by Gasteiger charge is -2.22. The monoisotopic (exact) mass is 378 g/mol. The summed E-state index contributed by atoms with van der Waals surface area (Å²) >= 11 is 0. The summed E-state index contributed by atoms with van der Waals surface area (Å²) in [5.74, 6) is 2.47. The topological polar surface area (TPSA) is 60.9 Å². The molecule has 0 bridgehead atoms.